The minimum absolute atomic E-state index is 0.427. The number of hydrogen-bond donors (Lipinski definition) is 0. The van der Waals surface area contributed by atoms with E-state index in [1.54, 1.807) is 0 Å². The quantitative estimate of drug-likeness (QED) is 0.790. The molecule has 2 fully saturated rings. The largest absolute Gasteiger partial charge is 0.490 e. The molecule has 2 aliphatic rings. The van der Waals surface area contributed by atoms with Gasteiger partial charge in [-0.3, -0.25) is 0 Å². The lowest BCUT2D eigenvalue weighted by Crippen LogP contribution is -1.97. The zero-order chi connectivity index (χ0) is 13.5. The summed E-state index contributed by atoms with van der Waals surface area (Å²) in [6.07, 6.45) is 5.13. The third-order valence-corrected chi connectivity index (χ3v) is 3.83. The SMILES string of the molecule is Clc1cc(-c2ccc(OC3CC3)cc2)nc(C2CC2)n1. The predicted octanol–water partition coefficient (Wildman–Crippen LogP) is 4.22. The van der Waals surface area contributed by atoms with Crippen LogP contribution in [0.3, 0.4) is 0 Å². The van der Waals surface area contributed by atoms with Gasteiger partial charge in [-0.2, -0.15) is 0 Å². The zero-order valence-electron chi connectivity index (χ0n) is 11.1. The molecule has 0 bridgehead atoms. The van der Waals surface area contributed by atoms with E-state index in [0.717, 1.165) is 22.8 Å². The molecule has 0 saturated heterocycles. The van der Waals surface area contributed by atoms with Gasteiger partial charge < -0.3 is 4.74 Å². The molecule has 102 valence electrons. The van der Waals surface area contributed by atoms with Gasteiger partial charge >= 0.3 is 0 Å². The molecule has 2 aliphatic carbocycles. The summed E-state index contributed by atoms with van der Waals surface area (Å²) in [5, 5.41) is 0.523. The zero-order valence-corrected chi connectivity index (χ0v) is 11.8. The topological polar surface area (TPSA) is 35.0 Å². The fourth-order valence-corrected chi connectivity index (χ4v) is 2.38. The van der Waals surface area contributed by atoms with Gasteiger partial charge in [0.1, 0.15) is 16.7 Å². The highest BCUT2D eigenvalue weighted by atomic mass is 35.5. The Hall–Kier alpha value is -1.61. The average Bonchev–Trinajstić information content (AvgIpc) is 3.33. The van der Waals surface area contributed by atoms with Gasteiger partial charge in [-0.1, -0.05) is 11.6 Å². The highest BCUT2D eigenvalue weighted by Gasteiger charge is 2.27. The van der Waals surface area contributed by atoms with Crippen molar-refractivity contribution in [2.24, 2.45) is 0 Å². The molecule has 0 unspecified atom stereocenters. The highest BCUT2D eigenvalue weighted by Crippen LogP contribution is 2.39. The van der Waals surface area contributed by atoms with Crippen LogP contribution in [0.4, 0.5) is 0 Å². The Morgan fingerprint density at radius 1 is 1.00 bits per heavy atom. The normalized spacial score (nSPS) is 18.1. The fraction of sp³-hybridized carbons (Fsp3) is 0.375. The van der Waals surface area contributed by atoms with Crippen molar-refractivity contribution in [2.45, 2.75) is 37.7 Å². The molecule has 1 heterocycles. The van der Waals surface area contributed by atoms with Crippen LogP contribution < -0.4 is 4.74 Å². The standard InChI is InChI=1S/C16H15ClN2O/c17-15-9-14(18-16(19-15)11-1-2-11)10-3-5-12(6-4-10)20-13-7-8-13/h3-6,9,11,13H,1-2,7-8H2. The minimum atomic E-state index is 0.427. The van der Waals surface area contributed by atoms with E-state index < -0.39 is 0 Å². The van der Waals surface area contributed by atoms with E-state index in [-0.39, 0.29) is 0 Å². The molecule has 0 aliphatic heterocycles. The van der Waals surface area contributed by atoms with Gasteiger partial charge in [0, 0.05) is 17.5 Å². The first-order valence-electron chi connectivity index (χ1n) is 7.09. The monoisotopic (exact) mass is 286 g/mol. The molecule has 1 aromatic carbocycles. The number of aromatic nitrogens is 2. The van der Waals surface area contributed by atoms with Crippen molar-refractivity contribution in [1.29, 1.82) is 0 Å². The molecule has 0 spiro atoms. The summed E-state index contributed by atoms with van der Waals surface area (Å²) in [4.78, 5) is 8.95. The van der Waals surface area contributed by atoms with Crippen LogP contribution in [0.2, 0.25) is 5.15 Å². The molecule has 4 heteroatoms. The third kappa shape index (κ3) is 2.63. The molecule has 20 heavy (non-hydrogen) atoms. The van der Waals surface area contributed by atoms with E-state index in [4.69, 9.17) is 16.3 Å². The Balaban J connectivity index is 1.62. The Morgan fingerprint density at radius 2 is 1.75 bits per heavy atom. The molecule has 0 radical (unpaired) electrons. The Labute approximate surface area is 123 Å². The number of hydrogen-bond acceptors (Lipinski definition) is 3. The van der Waals surface area contributed by atoms with E-state index in [1.165, 1.54) is 25.7 Å². The maximum absolute atomic E-state index is 6.10. The number of halogens is 1. The number of benzene rings is 1. The Kier molecular flexibility index (Phi) is 2.88. The summed E-state index contributed by atoms with van der Waals surface area (Å²) in [6.45, 7) is 0. The van der Waals surface area contributed by atoms with Crippen LogP contribution in [0.25, 0.3) is 11.3 Å². The summed E-state index contributed by atoms with van der Waals surface area (Å²) in [5.41, 5.74) is 1.95. The van der Waals surface area contributed by atoms with Crippen LogP contribution in [0, 0.1) is 0 Å². The maximum Gasteiger partial charge on any atom is 0.133 e. The van der Waals surface area contributed by atoms with E-state index in [1.807, 2.05) is 30.3 Å². The van der Waals surface area contributed by atoms with Crippen LogP contribution >= 0.6 is 11.6 Å². The minimum Gasteiger partial charge on any atom is -0.490 e. The molecule has 4 rings (SSSR count). The van der Waals surface area contributed by atoms with Crippen LogP contribution in [-0.4, -0.2) is 16.1 Å². The van der Waals surface area contributed by atoms with Crippen LogP contribution in [0.1, 0.15) is 37.4 Å². The second-order valence-electron chi connectivity index (χ2n) is 5.55. The molecule has 2 aromatic rings. The lowest BCUT2D eigenvalue weighted by atomic mass is 10.1. The number of ether oxygens (including phenoxy) is 1. The molecule has 3 nitrogen and oxygen atoms in total. The van der Waals surface area contributed by atoms with Gasteiger partial charge in [0.25, 0.3) is 0 Å². The van der Waals surface area contributed by atoms with Gasteiger partial charge in [0.05, 0.1) is 11.8 Å². The van der Waals surface area contributed by atoms with E-state index in [9.17, 15) is 0 Å². The molecule has 0 amide bonds. The van der Waals surface area contributed by atoms with Crippen molar-refractivity contribution in [3.8, 4) is 17.0 Å². The highest BCUT2D eigenvalue weighted by molar-refractivity contribution is 6.29. The third-order valence-electron chi connectivity index (χ3n) is 3.63. The van der Waals surface area contributed by atoms with Crippen molar-refractivity contribution in [3.05, 3.63) is 41.3 Å². The van der Waals surface area contributed by atoms with Gasteiger partial charge in [0.15, 0.2) is 0 Å². The predicted molar refractivity (Wildman–Crippen MR) is 78.1 cm³/mol. The summed E-state index contributed by atoms with van der Waals surface area (Å²) in [7, 11) is 0. The van der Waals surface area contributed by atoms with Crippen molar-refractivity contribution < 1.29 is 4.74 Å². The van der Waals surface area contributed by atoms with Crippen LogP contribution in [-0.2, 0) is 0 Å². The smallest absolute Gasteiger partial charge is 0.133 e. The van der Waals surface area contributed by atoms with Gasteiger partial charge in [-0.05, 0) is 49.9 Å². The van der Waals surface area contributed by atoms with Gasteiger partial charge in [0.2, 0.25) is 0 Å². The second kappa shape index (κ2) is 4.74. The average molecular weight is 287 g/mol. The summed E-state index contributed by atoms with van der Waals surface area (Å²) in [6, 6.07) is 9.89. The summed E-state index contributed by atoms with van der Waals surface area (Å²) in [5.74, 6) is 2.31. The number of nitrogens with zero attached hydrogens (tertiary/aromatic N) is 2. The molecule has 0 atom stereocenters. The summed E-state index contributed by atoms with van der Waals surface area (Å²) < 4.78 is 5.75. The molecular weight excluding hydrogens is 272 g/mol. The van der Waals surface area contributed by atoms with Gasteiger partial charge in [-0.15, -0.1) is 0 Å². The number of rotatable bonds is 4. The van der Waals surface area contributed by atoms with Crippen molar-refractivity contribution in [2.75, 3.05) is 0 Å². The maximum atomic E-state index is 6.10. The van der Waals surface area contributed by atoms with E-state index >= 15 is 0 Å². The molecule has 1 aromatic heterocycles. The van der Waals surface area contributed by atoms with Crippen molar-refractivity contribution >= 4 is 11.6 Å². The first-order chi connectivity index (χ1) is 9.78. The van der Waals surface area contributed by atoms with Crippen LogP contribution in [0.15, 0.2) is 30.3 Å². The summed E-state index contributed by atoms with van der Waals surface area (Å²) >= 11 is 6.10. The molecule has 2 saturated carbocycles. The van der Waals surface area contributed by atoms with E-state index in [0.29, 0.717) is 17.2 Å². The van der Waals surface area contributed by atoms with Crippen molar-refractivity contribution in [3.63, 3.8) is 0 Å². The second-order valence-corrected chi connectivity index (χ2v) is 5.94. The molecular formula is C16H15ClN2O. The van der Waals surface area contributed by atoms with Crippen molar-refractivity contribution in [1.82, 2.24) is 9.97 Å². The van der Waals surface area contributed by atoms with Gasteiger partial charge in [-0.25, -0.2) is 9.97 Å². The van der Waals surface area contributed by atoms with Crippen LogP contribution in [0.5, 0.6) is 5.75 Å². The lowest BCUT2D eigenvalue weighted by molar-refractivity contribution is 0.303. The first kappa shape index (κ1) is 12.2. The Morgan fingerprint density at radius 3 is 2.40 bits per heavy atom. The Bertz CT molecular complexity index is 633. The lowest BCUT2D eigenvalue weighted by Gasteiger charge is -2.07. The first-order valence-corrected chi connectivity index (χ1v) is 7.47. The fourth-order valence-electron chi connectivity index (χ4n) is 2.19. The molecule has 0 N–H and O–H groups in total. The van der Waals surface area contributed by atoms with E-state index in [2.05, 4.69) is 9.97 Å².